The Morgan fingerprint density at radius 2 is 1.43 bits per heavy atom. The number of quaternary nitrogens is 1. The fraction of sp³-hybridized carbons (Fsp3) is 0.364. The smallest absolute Gasteiger partial charge is 0.387 e. The van der Waals surface area contributed by atoms with Crippen molar-refractivity contribution in [3.8, 4) is 5.75 Å². The summed E-state index contributed by atoms with van der Waals surface area (Å²) in [4.78, 5) is 25.3. The molecular formula is C22H28F2N3O3+. The summed E-state index contributed by atoms with van der Waals surface area (Å²) < 4.78 is 29.2. The average molecular weight is 420 g/mol. The molecule has 3 N–H and O–H groups in total. The van der Waals surface area contributed by atoms with E-state index in [4.69, 9.17) is 0 Å². The number of halogens is 2. The number of benzene rings is 2. The molecule has 0 fully saturated rings. The molecule has 0 aromatic heterocycles. The Morgan fingerprint density at radius 3 is 1.97 bits per heavy atom. The monoisotopic (exact) mass is 420 g/mol. The van der Waals surface area contributed by atoms with Crippen LogP contribution in [0.3, 0.4) is 0 Å². The maximum Gasteiger partial charge on any atom is 0.387 e. The van der Waals surface area contributed by atoms with E-state index < -0.39 is 12.7 Å². The van der Waals surface area contributed by atoms with Crippen molar-refractivity contribution in [1.82, 2.24) is 10.6 Å². The normalized spacial score (nSPS) is 13.0. The van der Waals surface area contributed by atoms with Gasteiger partial charge in [-0.1, -0.05) is 42.5 Å². The number of ether oxygens (including phenoxy) is 1. The molecule has 2 aromatic carbocycles. The van der Waals surface area contributed by atoms with Gasteiger partial charge in [-0.15, -0.1) is 0 Å². The van der Waals surface area contributed by atoms with E-state index in [1.54, 1.807) is 19.2 Å². The highest BCUT2D eigenvalue weighted by Crippen LogP contribution is 2.24. The largest absolute Gasteiger partial charge is 0.435 e. The van der Waals surface area contributed by atoms with Crippen molar-refractivity contribution in [2.24, 2.45) is 0 Å². The number of nitrogens with one attached hydrogen (secondary N) is 3. The lowest BCUT2D eigenvalue weighted by molar-refractivity contribution is -0.862. The van der Waals surface area contributed by atoms with Crippen molar-refractivity contribution >= 4 is 11.8 Å². The molecule has 0 spiro atoms. The summed E-state index contributed by atoms with van der Waals surface area (Å²) in [7, 11) is 1.77. The van der Waals surface area contributed by atoms with Crippen molar-refractivity contribution in [3.05, 3.63) is 65.7 Å². The molecule has 0 aliphatic heterocycles. The van der Waals surface area contributed by atoms with Crippen LogP contribution in [0.15, 0.2) is 54.6 Å². The molecule has 0 heterocycles. The highest BCUT2D eigenvalue weighted by Gasteiger charge is 2.20. The van der Waals surface area contributed by atoms with Crippen LogP contribution >= 0.6 is 0 Å². The van der Waals surface area contributed by atoms with Crippen molar-refractivity contribution in [2.75, 3.05) is 20.1 Å². The van der Waals surface area contributed by atoms with E-state index in [9.17, 15) is 18.4 Å². The van der Waals surface area contributed by atoms with Gasteiger partial charge in [-0.25, -0.2) is 0 Å². The minimum atomic E-state index is -2.90. The number of carbonyl (C=O) groups excluding carboxylic acids is 2. The summed E-state index contributed by atoms with van der Waals surface area (Å²) in [6, 6.07) is 15.1. The molecule has 0 saturated heterocycles. The van der Waals surface area contributed by atoms with E-state index in [2.05, 4.69) is 15.4 Å². The zero-order valence-electron chi connectivity index (χ0n) is 17.3. The number of carbonyl (C=O) groups is 2. The van der Waals surface area contributed by atoms with Crippen molar-refractivity contribution < 1.29 is 28.0 Å². The van der Waals surface area contributed by atoms with Gasteiger partial charge in [-0.05, 0) is 37.1 Å². The quantitative estimate of drug-likeness (QED) is 0.546. The summed E-state index contributed by atoms with van der Waals surface area (Å²) in [5.74, 6) is -0.302. The van der Waals surface area contributed by atoms with Gasteiger partial charge in [0.2, 0.25) is 0 Å². The molecule has 0 aliphatic rings. The van der Waals surface area contributed by atoms with Crippen LogP contribution in [0.1, 0.15) is 31.0 Å². The Kier molecular flexibility index (Phi) is 8.73. The third-order valence-corrected chi connectivity index (χ3v) is 4.25. The van der Waals surface area contributed by atoms with Crippen LogP contribution in [0, 0.1) is 0 Å². The third kappa shape index (κ3) is 7.79. The molecule has 2 rings (SSSR count). The summed E-state index contributed by atoms with van der Waals surface area (Å²) >= 11 is 0. The Hall–Kier alpha value is -3.00. The maximum absolute atomic E-state index is 12.6. The van der Waals surface area contributed by atoms with Gasteiger partial charge < -0.3 is 20.3 Å². The SMILES string of the molecule is CC(C)NC(=O)C[NH+](C)CC(=O)N[C@H](c1ccccc1)c1ccc(OC(F)F)cc1. The lowest BCUT2D eigenvalue weighted by Crippen LogP contribution is -3.11. The molecule has 2 aromatic rings. The Morgan fingerprint density at radius 1 is 0.900 bits per heavy atom. The second-order valence-electron chi connectivity index (χ2n) is 7.39. The summed E-state index contributed by atoms with van der Waals surface area (Å²) in [5, 5.41) is 5.78. The van der Waals surface area contributed by atoms with Crippen LogP contribution in [0.5, 0.6) is 5.75 Å². The third-order valence-electron chi connectivity index (χ3n) is 4.25. The van der Waals surface area contributed by atoms with Gasteiger partial charge in [0.05, 0.1) is 13.1 Å². The van der Waals surface area contributed by atoms with Gasteiger partial charge >= 0.3 is 6.61 Å². The van der Waals surface area contributed by atoms with Crippen molar-refractivity contribution in [2.45, 2.75) is 32.5 Å². The number of amides is 2. The number of likely N-dealkylation sites (N-methyl/N-ethyl adjacent to an activating group) is 1. The zero-order chi connectivity index (χ0) is 22.1. The number of hydrogen-bond acceptors (Lipinski definition) is 3. The molecule has 8 heteroatoms. The minimum absolute atomic E-state index is 0.0404. The lowest BCUT2D eigenvalue weighted by atomic mass is 9.98. The van der Waals surface area contributed by atoms with Crippen molar-refractivity contribution in [1.29, 1.82) is 0 Å². The van der Waals surface area contributed by atoms with Crippen LogP contribution in [0.4, 0.5) is 8.78 Å². The van der Waals surface area contributed by atoms with E-state index >= 15 is 0 Å². The fourth-order valence-corrected chi connectivity index (χ4v) is 3.04. The zero-order valence-corrected chi connectivity index (χ0v) is 17.3. The highest BCUT2D eigenvalue weighted by molar-refractivity contribution is 5.79. The number of hydrogen-bond donors (Lipinski definition) is 3. The predicted octanol–water partition coefficient (Wildman–Crippen LogP) is 1.53. The Bertz CT molecular complexity index is 814. The van der Waals surface area contributed by atoms with E-state index in [0.29, 0.717) is 0 Å². The van der Waals surface area contributed by atoms with Gasteiger partial charge in [0.15, 0.2) is 13.1 Å². The Labute approximate surface area is 175 Å². The number of rotatable bonds is 10. The first-order valence-corrected chi connectivity index (χ1v) is 9.74. The van der Waals surface area contributed by atoms with Crippen LogP contribution in [0.25, 0.3) is 0 Å². The standard InChI is InChI=1S/C22H27F2N3O3/c1-15(2)25-19(28)13-27(3)14-20(29)26-21(16-7-5-4-6-8-16)17-9-11-18(12-10-17)30-22(23)24/h4-12,15,21-22H,13-14H2,1-3H3,(H,25,28)(H,26,29)/p+1/t21-/m1/s1. The maximum atomic E-state index is 12.6. The molecule has 0 saturated carbocycles. The van der Waals surface area contributed by atoms with E-state index in [1.165, 1.54) is 12.1 Å². The van der Waals surface area contributed by atoms with Crippen LogP contribution in [-0.4, -0.2) is 44.6 Å². The average Bonchev–Trinajstić information content (AvgIpc) is 2.66. The molecule has 162 valence electrons. The second-order valence-corrected chi connectivity index (χ2v) is 7.39. The molecule has 0 radical (unpaired) electrons. The van der Waals surface area contributed by atoms with E-state index in [1.807, 2.05) is 44.2 Å². The Balaban J connectivity index is 2.09. The first-order chi connectivity index (χ1) is 14.2. The molecule has 1 unspecified atom stereocenters. The molecule has 2 atom stereocenters. The highest BCUT2D eigenvalue weighted by atomic mass is 19.3. The minimum Gasteiger partial charge on any atom is -0.435 e. The second kappa shape index (κ2) is 11.3. The molecular weight excluding hydrogens is 392 g/mol. The summed E-state index contributed by atoms with van der Waals surface area (Å²) in [5.41, 5.74) is 1.58. The molecule has 30 heavy (non-hydrogen) atoms. The van der Waals surface area contributed by atoms with Gasteiger partial charge in [0.1, 0.15) is 5.75 Å². The van der Waals surface area contributed by atoms with E-state index in [0.717, 1.165) is 16.0 Å². The lowest BCUT2D eigenvalue weighted by Gasteiger charge is -2.21. The fourth-order valence-electron chi connectivity index (χ4n) is 3.04. The first-order valence-electron chi connectivity index (χ1n) is 9.74. The number of alkyl halides is 2. The van der Waals surface area contributed by atoms with Gasteiger partial charge in [-0.3, -0.25) is 9.59 Å². The van der Waals surface area contributed by atoms with Gasteiger partial charge in [0.25, 0.3) is 11.8 Å². The van der Waals surface area contributed by atoms with Crippen LogP contribution < -0.4 is 20.3 Å². The predicted molar refractivity (Wildman–Crippen MR) is 109 cm³/mol. The van der Waals surface area contributed by atoms with E-state index in [-0.39, 0.29) is 36.7 Å². The van der Waals surface area contributed by atoms with Crippen molar-refractivity contribution in [3.63, 3.8) is 0 Å². The molecule has 0 bridgehead atoms. The molecule has 6 nitrogen and oxygen atoms in total. The molecule has 0 aliphatic carbocycles. The first kappa shape index (κ1) is 23.3. The molecule has 2 amide bonds. The van der Waals surface area contributed by atoms with Crippen LogP contribution in [0.2, 0.25) is 0 Å². The summed E-state index contributed by atoms with van der Waals surface area (Å²) in [6.07, 6.45) is 0. The summed E-state index contributed by atoms with van der Waals surface area (Å²) in [6.45, 7) is 1.15. The van der Waals surface area contributed by atoms with Crippen LogP contribution in [-0.2, 0) is 9.59 Å². The van der Waals surface area contributed by atoms with Gasteiger partial charge in [-0.2, -0.15) is 8.78 Å². The topological polar surface area (TPSA) is 71.9 Å². The van der Waals surface area contributed by atoms with Gasteiger partial charge in [0, 0.05) is 6.04 Å².